The molecule has 0 aromatic rings. The molecule has 0 aliphatic carbocycles. The lowest BCUT2D eigenvalue weighted by atomic mass is 9.95. The smallest absolute Gasteiger partial charge is 0.221 e. The second-order valence-electron chi connectivity index (χ2n) is 4.07. The SMILES string of the molecule is CNC(=O)CCNC1(C)CCCOC1. The van der Waals surface area contributed by atoms with Crippen LogP contribution in [0, 0.1) is 0 Å². The zero-order valence-electron chi connectivity index (χ0n) is 9.06. The van der Waals surface area contributed by atoms with E-state index < -0.39 is 0 Å². The summed E-state index contributed by atoms with van der Waals surface area (Å²) in [5, 5.41) is 5.98. The molecule has 1 aliphatic rings. The molecule has 1 aliphatic heterocycles. The van der Waals surface area contributed by atoms with E-state index in [-0.39, 0.29) is 11.4 Å². The molecule has 1 heterocycles. The van der Waals surface area contributed by atoms with Gasteiger partial charge in [0, 0.05) is 32.2 Å². The first kappa shape index (κ1) is 11.5. The third-order valence-electron chi connectivity index (χ3n) is 2.62. The number of hydrogen-bond donors (Lipinski definition) is 2. The molecule has 0 bridgehead atoms. The molecular weight excluding hydrogens is 180 g/mol. The molecule has 1 rings (SSSR count). The normalized spacial score (nSPS) is 27.3. The van der Waals surface area contributed by atoms with E-state index in [1.807, 2.05) is 0 Å². The molecule has 0 aromatic heterocycles. The first-order valence-electron chi connectivity index (χ1n) is 5.20. The highest BCUT2D eigenvalue weighted by Gasteiger charge is 2.26. The molecule has 1 atom stereocenters. The molecule has 14 heavy (non-hydrogen) atoms. The predicted molar refractivity (Wildman–Crippen MR) is 55.1 cm³/mol. The highest BCUT2D eigenvalue weighted by atomic mass is 16.5. The van der Waals surface area contributed by atoms with Gasteiger partial charge < -0.3 is 15.4 Å². The number of nitrogens with one attached hydrogen (secondary N) is 2. The number of hydrogen-bond acceptors (Lipinski definition) is 3. The maximum absolute atomic E-state index is 11.0. The number of carbonyl (C=O) groups excluding carboxylic acids is 1. The van der Waals surface area contributed by atoms with E-state index in [0.29, 0.717) is 6.42 Å². The summed E-state index contributed by atoms with van der Waals surface area (Å²) in [7, 11) is 1.66. The molecule has 1 saturated heterocycles. The molecule has 82 valence electrons. The Morgan fingerprint density at radius 3 is 2.93 bits per heavy atom. The van der Waals surface area contributed by atoms with Gasteiger partial charge in [-0.25, -0.2) is 0 Å². The van der Waals surface area contributed by atoms with Crippen molar-refractivity contribution in [1.29, 1.82) is 0 Å². The highest BCUT2D eigenvalue weighted by molar-refractivity contribution is 5.75. The Morgan fingerprint density at radius 1 is 1.57 bits per heavy atom. The van der Waals surface area contributed by atoms with Crippen molar-refractivity contribution in [1.82, 2.24) is 10.6 Å². The maximum atomic E-state index is 11.0. The molecule has 0 saturated carbocycles. The summed E-state index contributed by atoms with van der Waals surface area (Å²) < 4.78 is 5.41. The standard InChI is InChI=1S/C10H20N2O2/c1-10(5-3-7-14-8-10)12-6-4-9(13)11-2/h12H,3-8H2,1-2H3,(H,11,13). The van der Waals surface area contributed by atoms with Gasteiger partial charge in [-0.15, -0.1) is 0 Å². The summed E-state index contributed by atoms with van der Waals surface area (Å²) >= 11 is 0. The maximum Gasteiger partial charge on any atom is 0.221 e. The second-order valence-corrected chi connectivity index (χ2v) is 4.07. The van der Waals surface area contributed by atoms with Crippen LogP contribution in [0.15, 0.2) is 0 Å². The van der Waals surface area contributed by atoms with Gasteiger partial charge in [0.25, 0.3) is 0 Å². The van der Waals surface area contributed by atoms with Crippen LogP contribution in [-0.2, 0) is 9.53 Å². The molecule has 0 aromatic carbocycles. The Morgan fingerprint density at radius 2 is 2.36 bits per heavy atom. The van der Waals surface area contributed by atoms with Gasteiger partial charge in [0.2, 0.25) is 5.91 Å². The monoisotopic (exact) mass is 200 g/mol. The largest absolute Gasteiger partial charge is 0.380 e. The van der Waals surface area contributed by atoms with E-state index in [1.54, 1.807) is 7.05 Å². The number of ether oxygens (including phenoxy) is 1. The van der Waals surface area contributed by atoms with Crippen molar-refractivity contribution in [3.63, 3.8) is 0 Å². The van der Waals surface area contributed by atoms with Crippen LogP contribution in [0.25, 0.3) is 0 Å². The van der Waals surface area contributed by atoms with Gasteiger partial charge >= 0.3 is 0 Å². The lowest BCUT2D eigenvalue weighted by molar-refractivity contribution is -0.120. The van der Waals surface area contributed by atoms with Crippen LogP contribution in [0.5, 0.6) is 0 Å². The summed E-state index contributed by atoms with van der Waals surface area (Å²) in [5.74, 6) is 0.0813. The molecule has 0 radical (unpaired) electrons. The van der Waals surface area contributed by atoms with Crippen LogP contribution in [0.1, 0.15) is 26.2 Å². The van der Waals surface area contributed by atoms with Crippen LogP contribution in [0.2, 0.25) is 0 Å². The molecule has 1 fully saturated rings. The Balaban J connectivity index is 2.18. The van der Waals surface area contributed by atoms with E-state index in [4.69, 9.17) is 4.74 Å². The fourth-order valence-corrected chi connectivity index (χ4v) is 1.68. The molecular formula is C10H20N2O2. The molecule has 1 unspecified atom stereocenters. The minimum absolute atomic E-state index is 0.0618. The van der Waals surface area contributed by atoms with Gasteiger partial charge in [-0.1, -0.05) is 0 Å². The summed E-state index contributed by atoms with van der Waals surface area (Å²) in [6.07, 6.45) is 2.76. The number of carbonyl (C=O) groups is 1. The predicted octanol–water partition coefficient (Wildman–Crippen LogP) is 0.281. The van der Waals surface area contributed by atoms with Gasteiger partial charge in [-0.2, -0.15) is 0 Å². The fraction of sp³-hybridized carbons (Fsp3) is 0.900. The summed E-state index contributed by atoms with van der Waals surface area (Å²) in [6.45, 7) is 4.49. The van der Waals surface area contributed by atoms with Crippen LogP contribution in [0.3, 0.4) is 0 Å². The molecule has 4 nitrogen and oxygen atoms in total. The summed E-state index contributed by atoms with van der Waals surface area (Å²) in [4.78, 5) is 11.0. The fourth-order valence-electron chi connectivity index (χ4n) is 1.68. The van der Waals surface area contributed by atoms with Crippen molar-refractivity contribution in [2.24, 2.45) is 0 Å². The van der Waals surface area contributed by atoms with Crippen LogP contribution < -0.4 is 10.6 Å². The first-order chi connectivity index (χ1) is 6.66. The van der Waals surface area contributed by atoms with Crippen LogP contribution in [0.4, 0.5) is 0 Å². The second kappa shape index (κ2) is 5.32. The Kier molecular flexibility index (Phi) is 4.35. The third-order valence-corrected chi connectivity index (χ3v) is 2.62. The van der Waals surface area contributed by atoms with E-state index in [0.717, 1.165) is 32.6 Å². The van der Waals surface area contributed by atoms with Gasteiger partial charge in [-0.3, -0.25) is 4.79 Å². The van der Waals surface area contributed by atoms with Crippen LogP contribution in [-0.4, -0.2) is 38.3 Å². The van der Waals surface area contributed by atoms with Crippen molar-refractivity contribution in [2.75, 3.05) is 26.8 Å². The first-order valence-corrected chi connectivity index (χ1v) is 5.20. The van der Waals surface area contributed by atoms with Crippen molar-refractivity contribution < 1.29 is 9.53 Å². The van der Waals surface area contributed by atoms with E-state index in [9.17, 15) is 4.79 Å². The lowest BCUT2D eigenvalue weighted by Gasteiger charge is -2.34. The average Bonchev–Trinajstić information content (AvgIpc) is 2.18. The van der Waals surface area contributed by atoms with Crippen molar-refractivity contribution in [3.05, 3.63) is 0 Å². The zero-order chi connectivity index (χ0) is 10.4. The minimum atomic E-state index is 0.0618. The molecule has 1 amide bonds. The van der Waals surface area contributed by atoms with E-state index in [2.05, 4.69) is 17.6 Å². The van der Waals surface area contributed by atoms with Crippen molar-refractivity contribution in [2.45, 2.75) is 31.7 Å². The number of amides is 1. The summed E-state index contributed by atoms with van der Waals surface area (Å²) in [5.41, 5.74) is 0.0618. The molecule has 2 N–H and O–H groups in total. The van der Waals surface area contributed by atoms with Crippen molar-refractivity contribution in [3.8, 4) is 0 Å². The quantitative estimate of drug-likeness (QED) is 0.685. The lowest BCUT2D eigenvalue weighted by Crippen LogP contribution is -2.49. The third kappa shape index (κ3) is 3.64. The van der Waals surface area contributed by atoms with Crippen molar-refractivity contribution >= 4 is 5.91 Å². The Hall–Kier alpha value is -0.610. The van der Waals surface area contributed by atoms with Gasteiger partial charge in [-0.05, 0) is 19.8 Å². The zero-order valence-corrected chi connectivity index (χ0v) is 9.06. The topological polar surface area (TPSA) is 50.4 Å². The molecule has 4 heteroatoms. The highest BCUT2D eigenvalue weighted by Crippen LogP contribution is 2.17. The summed E-state index contributed by atoms with van der Waals surface area (Å²) in [6, 6.07) is 0. The van der Waals surface area contributed by atoms with Crippen LogP contribution >= 0.6 is 0 Å². The Bertz CT molecular complexity index is 189. The van der Waals surface area contributed by atoms with Gasteiger partial charge in [0.1, 0.15) is 0 Å². The van der Waals surface area contributed by atoms with E-state index >= 15 is 0 Å². The molecule has 0 spiro atoms. The number of rotatable bonds is 4. The van der Waals surface area contributed by atoms with Gasteiger partial charge in [0.05, 0.1) is 6.61 Å². The minimum Gasteiger partial charge on any atom is -0.380 e. The Labute approximate surface area is 85.4 Å². The van der Waals surface area contributed by atoms with E-state index in [1.165, 1.54) is 0 Å². The van der Waals surface area contributed by atoms with Gasteiger partial charge in [0.15, 0.2) is 0 Å². The average molecular weight is 200 g/mol.